The van der Waals surface area contributed by atoms with Crippen LogP contribution in [-0.2, 0) is 13.6 Å². The third kappa shape index (κ3) is 3.64. The summed E-state index contributed by atoms with van der Waals surface area (Å²) in [5.41, 5.74) is 3.51. The Kier molecular flexibility index (Phi) is 5.13. The monoisotopic (exact) mass is 417 g/mol. The van der Waals surface area contributed by atoms with Gasteiger partial charge in [-0.1, -0.05) is 60.7 Å². The van der Waals surface area contributed by atoms with Crippen LogP contribution in [0.15, 0.2) is 60.7 Å². The Bertz CT molecular complexity index is 766. The maximum Gasteiger partial charge on any atom is 0.124 e. The number of hydrogen-bond acceptors (Lipinski definition) is 2. The van der Waals surface area contributed by atoms with Crippen molar-refractivity contribution in [3.05, 3.63) is 75.8 Å². The molecule has 0 unspecified atom stereocenters. The van der Waals surface area contributed by atoms with Crippen LogP contribution in [0, 0.1) is 3.70 Å². The minimum absolute atomic E-state index is 0.297. The topological polar surface area (TPSA) is 29.9 Å². The summed E-state index contributed by atoms with van der Waals surface area (Å²) in [5.74, 6) is 1.05. The Hall–Kier alpha value is -1.66. The van der Waals surface area contributed by atoms with E-state index in [1.165, 1.54) is 5.56 Å². The molecule has 0 saturated carbocycles. The number of benzene rings is 2. The number of hydrogen-bond donors (Lipinski definition) is 1. The smallest absolute Gasteiger partial charge is 0.124 e. The van der Waals surface area contributed by atoms with Crippen LogP contribution in [0.3, 0.4) is 0 Å². The summed E-state index contributed by atoms with van der Waals surface area (Å²) in [6, 6.07) is 21.1. The molecule has 0 bridgehead atoms. The molecule has 3 aromatic rings. The van der Waals surface area contributed by atoms with E-state index in [0.29, 0.717) is 6.04 Å². The van der Waals surface area contributed by atoms with Crippen molar-refractivity contribution >= 4 is 22.6 Å². The average molecular weight is 417 g/mol. The van der Waals surface area contributed by atoms with Crippen LogP contribution in [0.1, 0.15) is 24.4 Å². The molecule has 118 valence electrons. The summed E-state index contributed by atoms with van der Waals surface area (Å²) in [6.07, 6.45) is 0. The van der Waals surface area contributed by atoms with E-state index in [-0.39, 0.29) is 0 Å². The summed E-state index contributed by atoms with van der Waals surface area (Å²) in [7, 11) is 2.07. The Labute approximate surface area is 150 Å². The molecule has 4 heteroatoms. The Balaban J connectivity index is 1.77. The molecule has 1 heterocycles. The first-order valence-electron chi connectivity index (χ1n) is 7.71. The normalized spacial score (nSPS) is 12.3. The lowest BCUT2D eigenvalue weighted by Gasteiger charge is -2.14. The Morgan fingerprint density at radius 1 is 1.04 bits per heavy atom. The van der Waals surface area contributed by atoms with E-state index in [2.05, 4.69) is 95.0 Å². The van der Waals surface area contributed by atoms with Gasteiger partial charge < -0.3 is 9.88 Å². The first-order valence-corrected chi connectivity index (χ1v) is 8.79. The highest BCUT2D eigenvalue weighted by atomic mass is 127. The predicted octanol–water partition coefficient (Wildman–Crippen LogP) is 4.54. The number of aromatic nitrogens is 2. The number of nitrogens with zero attached hydrogens (tertiary/aromatic N) is 2. The van der Waals surface area contributed by atoms with Crippen molar-refractivity contribution in [2.45, 2.75) is 19.5 Å². The fourth-order valence-electron chi connectivity index (χ4n) is 2.56. The lowest BCUT2D eigenvalue weighted by molar-refractivity contribution is 0.548. The molecule has 23 heavy (non-hydrogen) atoms. The highest BCUT2D eigenvalue weighted by molar-refractivity contribution is 14.1. The van der Waals surface area contributed by atoms with Crippen LogP contribution in [0.2, 0.25) is 0 Å². The van der Waals surface area contributed by atoms with Gasteiger partial charge in [0.2, 0.25) is 0 Å². The maximum absolute atomic E-state index is 4.84. The van der Waals surface area contributed by atoms with Crippen molar-refractivity contribution in [2.75, 3.05) is 0 Å². The SMILES string of the molecule is C[C@@H](NCc1nc(-c2ccccc2)c(I)n1C)c1ccccc1. The van der Waals surface area contributed by atoms with Crippen LogP contribution in [0.25, 0.3) is 11.3 Å². The molecule has 1 aromatic heterocycles. The fourth-order valence-corrected chi connectivity index (χ4v) is 3.27. The lowest BCUT2D eigenvalue weighted by atomic mass is 10.1. The number of halogens is 1. The van der Waals surface area contributed by atoms with E-state index < -0.39 is 0 Å². The molecule has 0 aliphatic rings. The second-order valence-corrected chi connectivity index (χ2v) is 6.63. The molecule has 1 atom stereocenters. The molecule has 0 saturated heterocycles. The summed E-state index contributed by atoms with van der Waals surface area (Å²) in [4.78, 5) is 4.84. The zero-order valence-electron chi connectivity index (χ0n) is 13.3. The number of nitrogens with one attached hydrogen (secondary N) is 1. The zero-order chi connectivity index (χ0) is 16.2. The molecule has 0 aliphatic heterocycles. The standard InChI is InChI=1S/C19H20IN3/c1-14(15-9-5-3-6-10-15)21-13-17-22-18(19(20)23(17)2)16-11-7-4-8-12-16/h3-12,14,21H,13H2,1-2H3/t14-/m1/s1. The van der Waals surface area contributed by atoms with E-state index in [9.17, 15) is 0 Å². The minimum Gasteiger partial charge on any atom is -0.325 e. The van der Waals surface area contributed by atoms with Gasteiger partial charge in [0.1, 0.15) is 15.2 Å². The van der Waals surface area contributed by atoms with Crippen molar-refractivity contribution in [3.8, 4) is 11.3 Å². The van der Waals surface area contributed by atoms with E-state index in [0.717, 1.165) is 27.3 Å². The van der Waals surface area contributed by atoms with Crippen molar-refractivity contribution in [1.29, 1.82) is 0 Å². The van der Waals surface area contributed by atoms with Gasteiger partial charge in [-0.05, 0) is 35.1 Å². The number of imidazole rings is 1. The Morgan fingerprint density at radius 3 is 2.30 bits per heavy atom. The molecule has 3 nitrogen and oxygen atoms in total. The second kappa shape index (κ2) is 7.27. The van der Waals surface area contributed by atoms with Gasteiger partial charge in [0.05, 0.1) is 6.54 Å². The molecule has 0 aliphatic carbocycles. The summed E-state index contributed by atoms with van der Waals surface area (Å²) < 4.78 is 3.33. The molecule has 2 aromatic carbocycles. The van der Waals surface area contributed by atoms with Gasteiger partial charge in [-0.15, -0.1) is 0 Å². The molecular weight excluding hydrogens is 397 g/mol. The van der Waals surface area contributed by atoms with Gasteiger partial charge in [0.15, 0.2) is 0 Å². The largest absolute Gasteiger partial charge is 0.325 e. The molecule has 0 radical (unpaired) electrons. The van der Waals surface area contributed by atoms with Crippen molar-refractivity contribution in [3.63, 3.8) is 0 Å². The highest BCUT2D eigenvalue weighted by Gasteiger charge is 2.14. The van der Waals surface area contributed by atoms with Crippen molar-refractivity contribution in [2.24, 2.45) is 7.05 Å². The van der Waals surface area contributed by atoms with Crippen LogP contribution in [0.5, 0.6) is 0 Å². The number of rotatable bonds is 5. The van der Waals surface area contributed by atoms with Gasteiger partial charge in [0.25, 0.3) is 0 Å². The zero-order valence-corrected chi connectivity index (χ0v) is 15.5. The van der Waals surface area contributed by atoms with Gasteiger partial charge >= 0.3 is 0 Å². The van der Waals surface area contributed by atoms with E-state index in [1.807, 2.05) is 12.1 Å². The quantitative estimate of drug-likeness (QED) is 0.618. The van der Waals surface area contributed by atoms with E-state index in [1.54, 1.807) is 0 Å². The molecule has 1 N–H and O–H groups in total. The molecule has 0 spiro atoms. The Morgan fingerprint density at radius 2 is 1.65 bits per heavy atom. The van der Waals surface area contributed by atoms with Crippen LogP contribution in [0.4, 0.5) is 0 Å². The fraction of sp³-hybridized carbons (Fsp3) is 0.211. The molecule has 0 amide bonds. The third-order valence-electron chi connectivity index (χ3n) is 4.03. The molecular formula is C19H20IN3. The summed E-state index contributed by atoms with van der Waals surface area (Å²) in [6.45, 7) is 2.93. The first-order chi connectivity index (χ1) is 11.2. The lowest BCUT2D eigenvalue weighted by Crippen LogP contribution is -2.20. The molecule has 3 rings (SSSR count). The average Bonchev–Trinajstić information content (AvgIpc) is 2.89. The first kappa shape index (κ1) is 16.2. The van der Waals surface area contributed by atoms with E-state index >= 15 is 0 Å². The van der Waals surface area contributed by atoms with Gasteiger partial charge in [0, 0.05) is 18.7 Å². The van der Waals surface area contributed by atoms with Crippen LogP contribution < -0.4 is 5.32 Å². The molecule has 0 fully saturated rings. The van der Waals surface area contributed by atoms with Gasteiger partial charge in [-0.25, -0.2) is 4.98 Å². The van der Waals surface area contributed by atoms with Crippen molar-refractivity contribution in [1.82, 2.24) is 14.9 Å². The van der Waals surface area contributed by atoms with Gasteiger partial charge in [-0.2, -0.15) is 0 Å². The minimum atomic E-state index is 0.297. The highest BCUT2D eigenvalue weighted by Crippen LogP contribution is 2.25. The van der Waals surface area contributed by atoms with E-state index in [4.69, 9.17) is 4.98 Å². The summed E-state index contributed by atoms with van der Waals surface area (Å²) >= 11 is 2.37. The van der Waals surface area contributed by atoms with Crippen LogP contribution >= 0.6 is 22.6 Å². The van der Waals surface area contributed by atoms with Gasteiger partial charge in [-0.3, -0.25) is 0 Å². The van der Waals surface area contributed by atoms with Crippen LogP contribution in [-0.4, -0.2) is 9.55 Å². The maximum atomic E-state index is 4.84. The third-order valence-corrected chi connectivity index (χ3v) is 5.27. The second-order valence-electron chi connectivity index (χ2n) is 5.61. The predicted molar refractivity (Wildman–Crippen MR) is 103 cm³/mol. The summed E-state index contributed by atoms with van der Waals surface area (Å²) in [5, 5.41) is 3.56. The van der Waals surface area contributed by atoms with Crippen molar-refractivity contribution < 1.29 is 0 Å².